The highest BCUT2D eigenvalue weighted by Gasteiger charge is 2.00. The van der Waals surface area contributed by atoms with E-state index < -0.39 is 0 Å². The highest BCUT2D eigenvalue weighted by Crippen LogP contribution is 2.20. The number of rotatable bonds is 1. The Morgan fingerprint density at radius 1 is 0.609 bits per heavy atom. The number of allylic oxidation sites excluding steroid dienone is 1. The second-order valence-corrected chi connectivity index (χ2v) is 6.04. The summed E-state index contributed by atoms with van der Waals surface area (Å²) in [5.74, 6) is 0. The maximum atomic E-state index is 2.20. The van der Waals surface area contributed by atoms with Crippen molar-refractivity contribution in [2.45, 2.75) is 20.3 Å². The number of hydrogen-bond acceptors (Lipinski definition) is 0. The van der Waals surface area contributed by atoms with E-state index in [9.17, 15) is 0 Å². The van der Waals surface area contributed by atoms with E-state index in [2.05, 4.69) is 98.8 Å². The van der Waals surface area contributed by atoms with Crippen LogP contribution in [0.1, 0.15) is 22.3 Å². The molecule has 1 aliphatic rings. The highest BCUT2D eigenvalue weighted by atomic mass is 14.0. The lowest BCUT2D eigenvalue weighted by atomic mass is 10.0. The zero-order chi connectivity index (χ0) is 16.1. The molecule has 3 aromatic rings. The standard InChI is InChI=1S/C14H14.C9H8/c1-11-3-7-13(8-4-11)14-9-5-12(2)6-10-14;1-2-5-9-7-3-6-8(9)4-1/h3-10H,1-2H3;1-6H,7H2. The van der Waals surface area contributed by atoms with Crippen LogP contribution in [0.4, 0.5) is 0 Å². The van der Waals surface area contributed by atoms with E-state index in [1.807, 2.05) is 0 Å². The second kappa shape index (κ2) is 7.11. The Kier molecular flexibility index (Phi) is 4.73. The lowest BCUT2D eigenvalue weighted by molar-refractivity contribution is 1.31. The monoisotopic (exact) mass is 298 g/mol. The predicted molar refractivity (Wildman–Crippen MR) is 101 cm³/mol. The molecule has 0 amide bonds. The van der Waals surface area contributed by atoms with Gasteiger partial charge in [-0.1, -0.05) is 96.1 Å². The molecule has 0 bridgehead atoms. The van der Waals surface area contributed by atoms with Gasteiger partial charge in [-0.3, -0.25) is 0 Å². The van der Waals surface area contributed by atoms with E-state index in [1.54, 1.807) is 0 Å². The third-order valence-corrected chi connectivity index (χ3v) is 4.13. The van der Waals surface area contributed by atoms with E-state index in [0.29, 0.717) is 0 Å². The summed E-state index contributed by atoms with van der Waals surface area (Å²) in [5.41, 5.74) is 8.03. The molecule has 3 aromatic carbocycles. The quantitative estimate of drug-likeness (QED) is 0.500. The summed E-state index contributed by atoms with van der Waals surface area (Å²) in [5, 5.41) is 0. The summed E-state index contributed by atoms with van der Waals surface area (Å²) in [4.78, 5) is 0. The normalized spacial score (nSPS) is 11.6. The van der Waals surface area contributed by atoms with Crippen molar-refractivity contribution in [2.75, 3.05) is 0 Å². The van der Waals surface area contributed by atoms with Crippen LogP contribution in [0.3, 0.4) is 0 Å². The van der Waals surface area contributed by atoms with Crippen molar-refractivity contribution in [1.29, 1.82) is 0 Å². The van der Waals surface area contributed by atoms with Crippen LogP contribution in [0.25, 0.3) is 17.2 Å². The molecule has 0 spiro atoms. The van der Waals surface area contributed by atoms with Crippen molar-refractivity contribution in [2.24, 2.45) is 0 Å². The van der Waals surface area contributed by atoms with Gasteiger partial charge in [0.15, 0.2) is 0 Å². The Morgan fingerprint density at radius 2 is 1.13 bits per heavy atom. The summed E-state index contributed by atoms with van der Waals surface area (Å²) < 4.78 is 0. The van der Waals surface area contributed by atoms with E-state index in [4.69, 9.17) is 0 Å². The van der Waals surface area contributed by atoms with Gasteiger partial charge < -0.3 is 0 Å². The van der Waals surface area contributed by atoms with Gasteiger partial charge in [-0.05, 0) is 42.5 Å². The molecule has 0 fully saturated rings. The van der Waals surface area contributed by atoms with Crippen molar-refractivity contribution >= 4 is 6.08 Å². The SMILES string of the molecule is C1=Cc2ccccc2C1.Cc1ccc(-c2ccc(C)cc2)cc1. The fourth-order valence-corrected chi connectivity index (χ4v) is 2.69. The minimum absolute atomic E-state index is 1.12. The third-order valence-electron chi connectivity index (χ3n) is 4.13. The van der Waals surface area contributed by atoms with Gasteiger partial charge in [0.2, 0.25) is 0 Å². The zero-order valence-corrected chi connectivity index (χ0v) is 13.8. The maximum Gasteiger partial charge on any atom is -0.00882 e. The molecular weight excluding hydrogens is 276 g/mol. The van der Waals surface area contributed by atoms with Crippen LogP contribution in [0.5, 0.6) is 0 Å². The van der Waals surface area contributed by atoms with Gasteiger partial charge in [-0.25, -0.2) is 0 Å². The van der Waals surface area contributed by atoms with Crippen LogP contribution in [-0.4, -0.2) is 0 Å². The van der Waals surface area contributed by atoms with Gasteiger partial charge >= 0.3 is 0 Å². The van der Waals surface area contributed by atoms with Crippen LogP contribution in [0, 0.1) is 13.8 Å². The Balaban J connectivity index is 0.000000149. The summed E-state index contributed by atoms with van der Waals surface area (Å²) in [6, 6.07) is 25.8. The lowest BCUT2D eigenvalue weighted by Crippen LogP contribution is -1.78. The molecule has 0 radical (unpaired) electrons. The minimum Gasteiger partial charge on any atom is -0.0795 e. The van der Waals surface area contributed by atoms with Gasteiger partial charge in [0, 0.05) is 0 Å². The van der Waals surface area contributed by atoms with Crippen LogP contribution in [-0.2, 0) is 6.42 Å². The van der Waals surface area contributed by atoms with Gasteiger partial charge in [-0.2, -0.15) is 0 Å². The number of fused-ring (bicyclic) bond motifs is 1. The van der Waals surface area contributed by atoms with E-state index in [-0.39, 0.29) is 0 Å². The number of aryl methyl sites for hydroxylation is 2. The van der Waals surface area contributed by atoms with Crippen molar-refractivity contribution in [3.05, 3.63) is 101 Å². The molecular formula is C23H22. The average Bonchev–Trinajstić information content (AvgIpc) is 3.06. The van der Waals surface area contributed by atoms with Crippen molar-refractivity contribution < 1.29 is 0 Å². The Labute approximate surface area is 139 Å². The Hall–Kier alpha value is -2.60. The first kappa shape index (κ1) is 15.3. The minimum atomic E-state index is 1.12. The largest absolute Gasteiger partial charge is 0.0795 e. The Bertz CT molecular complexity index is 747. The highest BCUT2D eigenvalue weighted by molar-refractivity contribution is 5.63. The number of benzene rings is 3. The van der Waals surface area contributed by atoms with Crippen molar-refractivity contribution in [3.8, 4) is 11.1 Å². The summed E-state index contributed by atoms with van der Waals surface area (Å²) in [6.07, 6.45) is 5.50. The smallest absolute Gasteiger partial charge is 0.00882 e. The topological polar surface area (TPSA) is 0 Å². The van der Waals surface area contributed by atoms with Gasteiger partial charge in [-0.15, -0.1) is 0 Å². The number of hydrogen-bond donors (Lipinski definition) is 0. The molecule has 0 heteroatoms. The average molecular weight is 298 g/mol. The van der Waals surface area contributed by atoms with Crippen molar-refractivity contribution in [1.82, 2.24) is 0 Å². The van der Waals surface area contributed by atoms with Crippen LogP contribution in [0.15, 0.2) is 78.9 Å². The predicted octanol–water partition coefficient (Wildman–Crippen LogP) is 6.23. The zero-order valence-electron chi connectivity index (χ0n) is 13.8. The first-order chi connectivity index (χ1) is 11.2. The fourth-order valence-electron chi connectivity index (χ4n) is 2.69. The lowest BCUT2D eigenvalue weighted by Gasteiger charge is -2.02. The maximum absolute atomic E-state index is 2.20. The summed E-state index contributed by atoms with van der Waals surface area (Å²) in [6.45, 7) is 4.22. The van der Waals surface area contributed by atoms with Gasteiger partial charge in [0.05, 0.1) is 0 Å². The van der Waals surface area contributed by atoms with Crippen molar-refractivity contribution in [3.63, 3.8) is 0 Å². The molecule has 0 heterocycles. The first-order valence-corrected chi connectivity index (χ1v) is 8.10. The third kappa shape index (κ3) is 3.98. The molecule has 0 atom stereocenters. The molecule has 0 saturated heterocycles. The van der Waals surface area contributed by atoms with E-state index >= 15 is 0 Å². The summed E-state index contributed by atoms with van der Waals surface area (Å²) >= 11 is 0. The molecule has 1 aliphatic carbocycles. The molecule has 0 nitrogen and oxygen atoms in total. The van der Waals surface area contributed by atoms with Crippen LogP contribution < -0.4 is 0 Å². The molecule has 0 aliphatic heterocycles. The molecule has 0 saturated carbocycles. The van der Waals surface area contributed by atoms with Gasteiger partial charge in [0.1, 0.15) is 0 Å². The molecule has 0 N–H and O–H groups in total. The molecule has 114 valence electrons. The van der Waals surface area contributed by atoms with Crippen LogP contribution in [0.2, 0.25) is 0 Å². The molecule has 4 rings (SSSR count). The Morgan fingerprint density at radius 3 is 1.65 bits per heavy atom. The second-order valence-electron chi connectivity index (χ2n) is 6.04. The molecule has 0 unspecified atom stereocenters. The van der Waals surface area contributed by atoms with E-state index in [0.717, 1.165) is 6.42 Å². The summed E-state index contributed by atoms with van der Waals surface area (Å²) in [7, 11) is 0. The molecule has 23 heavy (non-hydrogen) atoms. The molecule has 0 aromatic heterocycles. The van der Waals surface area contributed by atoms with E-state index in [1.165, 1.54) is 33.4 Å². The first-order valence-electron chi connectivity index (χ1n) is 8.10. The fraction of sp³-hybridized carbons (Fsp3) is 0.130. The van der Waals surface area contributed by atoms with Gasteiger partial charge in [0.25, 0.3) is 0 Å². The van der Waals surface area contributed by atoms with Crippen LogP contribution >= 0.6 is 0 Å².